The molecule has 0 N–H and O–H groups in total. The monoisotopic (exact) mass is 152 g/mol. The molecule has 0 aromatic rings. The molecule has 0 spiro atoms. The number of allylic oxidation sites excluding steroid dienone is 3. The van der Waals surface area contributed by atoms with E-state index in [1.807, 2.05) is 6.08 Å². The fourth-order valence-electron chi connectivity index (χ4n) is 0.926. The van der Waals surface area contributed by atoms with E-state index in [9.17, 15) is 0 Å². The zero-order chi connectivity index (χ0) is 8.53. The zero-order valence-corrected chi connectivity index (χ0v) is 7.90. The minimum Gasteiger partial charge on any atom is -0.103 e. The molecule has 0 rings (SSSR count). The van der Waals surface area contributed by atoms with Crippen molar-refractivity contribution >= 4 is 0 Å². The fraction of sp³-hybridized carbons (Fsp3) is 0.636. The molecule has 0 radical (unpaired) electrons. The van der Waals surface area contributed by atoms with Crippen LogP contribution in [-0.4, -0.2) is 0 Å². The van der Waals surface area contributed by atoms with Gasteiger partial charge in [0.1, 0.15) is 0 Å². The van der Waals surface area contributed by atoms with E-state index in [1.54, 1.807) is 0 Å². The van der Waals surface area contributed by atoms with Crippen molar-refractivity contribution in [2.45, 2.75) is 46.0 Å². The van der Waals surface area contributed by atoms with Crippen molar-refractivity contribution < 1.29 is 0 Å². The maximum Gasteiger partial charge on any atom is -0.0348 e. The van der Waals surface area contributed by atoms with Gasteiger partial charge >= 0.3 is 0 Å². The van der Waals surface area contributed by atoms with Gasteiger partial charge in [-0.25, -0.2) is 0 Å². The van der Waals surface area contributed by atoms with Crippen LogP contribution in [0.4, 0.5) is 0 Å². The largest absolute Gasteiger partial charge is 0.103 e. The van der Waals surface area contributed by atoms with Crippen LogP contribution in [0.3, 0.4) is 0 Å². The maximum absolute atomic E-state index is 3.69. The van der Waals surface area contributed by atoms with Gasteiger partial charge in [0.05, 0.1) is 0 Å². The summed E-state index contributed by atoms with van der Waals surface area (Å²) in [5.74, 6) is 0. The quantitative estimate of drug-likeness (QED) is 0.397. The number of unbranched alkanes of at least 4 members (excludes halogenated alkanes) is 3. The molecule has 0 aliphatic carbocycles. The molecule has 0 nitrogen and oxygen atoms in total. The molecule has 0 heteroatoms. The fourth-order valence-corrected chi connectivity index (χ4v) is 0.926. The van der Waals surface area contributed by atoms with E-state index < -0.39 is 0 Å². The van der Waals surface area contributed by atoms with Gasteiger partial charge in [0.25, 0.3) is 0 Å². The highest BCUT2D eigenvalue weighted by Gasteiger charge is 1.85. The molecular weight excluding hydrogens is 132 g/mol. The highest BCUT2D eigenvalue weighted by atomic mass is 13.9. The van der Waals surface area contributed by atoms with Gasteiger partial charge in [0, 0.05) is 0 Å². The minimum atomic E-state index is 1.17. The average Bonchev–Trinajstić information content (AvgIpc) is 2.04. The van der Waals surface area contributed by atoms with Gasteiger partial charge in [-0.05, 0) is 39.0 Å². The standard InChI is InChI=1S/C11H20/c1-4-6-7-8-9-10-11(3)5-2/h4,10H,1,5-9H2,2-3H3/b11-10+. The SMILES string of the molecule is C=CCCCC/C=C(\C)CC. The third-order valence-electron chi connectivity index (χ3n) is 1.91. The molecule has 0 bridgehead atoms. The van der Waals surface area contributed by atoms with Crippen molar-refractivity contribution in [1.29, 1.82) is 0 Å². The van der Waals surface area contributed by atoms with Crippen LogP contribution in [0.2, 0.25) is 0 Å². The van der Waals surface area contributed by atoms with Gasteiger partial charge in [-0.3, -0.25) is 0 Å². The van der Waals surface area contributed by atoms with E-state index in [0.29, 0.717) is 0 Å². The van der Waals surface area contributed by atoms with Crippen LogP contribution >= 0.6 is 0 Å². The topological polar surface area (TPSA) is 0 Å². The van der Waals surface area contributed by atoms with Gasteiger partial charge in [0.15, 0.2) is 0 Å². The molecule has 0 aliphatic rings. The molecule has 0 fully saturated rings. The minimum absolute atomic E-state index is 1.17. The van der Waals surface area contributed by atoms with Crippen molar-refractivity contribution in [3.05, 3.63) is 24.3 Å². The first-order valence-electron chi connectivity index (χ1n) is 4.57. The van der Waals surface area contributed by atoms with E-state index in [-0.39, 0.29) is 0 Å². The lowest BCUT2D eigenvalue weighted by molar-refractivity contribution is 0.758. The van der Waals surface area contributed by atoms with Gasteiger partial charge in [-0.1, -0.05) is 24.6 Å². The Morgan fingerprint density at radius 3 is 2.45 bits per heavy atom. The number of hydrogen-bond donors (Lipinski definition) is 0. The predicted molar refractivity (Wildman–Crippen MR) is 52.7 cm³/mol. The molecule has 0 aromatic heterocycles. The first-order chi connectivity index (χ1) is 5.31. The van der Waals surface area contributed by atoms with E-state index in [4.69, 9.17) is 0 Å². The van der Waals surface area contributed by atoms with Crippen molar-refractivity contribution in [2.24, 2.45) is 0 Å². The Hall–Kier alpha value is -0.520. The van der Waals surface area contributed by atoms with E-state index in [1.165, 1.54) is 37.7 Å². The van der Waals surface area contributed by atoms with Crippen LogP contribution in [0.1, 0.15) is 46.0 Å². The molecule has 11 heavy (non-hydrogen) atoms. The van der Waals surface area contributed by atoms with Crippen LogP contribution in [0.5, 0.6) is 0 Å². The number of rotatable bonds is 6. The van der Waals surface area contributed by atoms with Gasteiger partial charge in [-0.2, -0.15) is 0 Å². The van der Waals surface area contributed by atoms with Crippen molar-refractivity contribution in [2.75, 3.05) is 0 Å². The Morgan fingerprint density at radius 2 is 1.91 bits per heavy atom. The summed E-state index contributed by atoms with van der Waals surface area (Å²) < 4.78 is 0. The molecule has 0 saturated carbocycles. The summed E-state index contributed by atoms with van der Waals surface area (Å²) in [4.78, 5) is 0. The van der Waals surface area contributed by atoms with Gasteiger partial charge < -0.3 is 0 Å². The van der Waals surface area contributed by atoms with Crippen molar-refractivity contribution in [3.8, 4) is 0 Å². The Morgan fingerprint density at radius 1 is 1.27 bits per heavy atom. The van der Waals surface area contributed by atoms with E-state index in [0.717, 1.165) is 0 Å². The summed E-state index contributed by atoms with van der Waals surface area (Å²) in [5.41, 5.74) is 1.52. The lowest BCUT2D eigenvalue weighted by Crippen LogP contribution is -1.75. The third-order valence-corrected chi connectivity index (χ3v) is 1.91. The van der Waals surface area contributed by atoms with Gasteiger partial charge in [0.2, 0.25) is 0 Å². The third kappa shape index (κ3) is 7.38. The van der Waals surface area contributed by atoms with E-state index >= 15 is 0 Å². The van der Waals surface area contributed by atoms with Crippen molar-refractivity contribution in [1.82, 2.24) is 0 Å². The first-order valence-corrected chi connectivity index (χ1v) is 4.57. The molecule has 0 heterocycles. The molecule has 0 atom stereocenters. The van der Waals surface area contributed by atoms with Crippen LogP contribution in [0.15, 0.2) is 24.3 Å². The summed E-state index contributed by atoms with van der Waals surface area (Å²) in [7, 11) is 0. The second-order valence-electron chi connectivity index (χ2n) is 2.98. The molecule has 0 unspecified atom stereocenters. The summed E-state index contributed by atoms with van der Waals surface area (Å²) in [6, 6.07) is 0. The summed E-state index contributed by atoms with van der Waals surface area (Å²) in [6.45, 7) is 8.10. The summed E-state index contributed by atoms with van der Waals surface area (Å²) in [5, 5.41) is 0. The summed E-state index contributed by atoms with van der Waals surface area (Å²) >= 11 is 0. The maximum atomic E-state index is 3.69. The highest BCUT2D eigenvalue weighted by Crippen LogP contribution is 2.05. The van der Waals surface area contributed by atoms with Crippen LogP contribution in [-0.2, 0) is 0 Å². The predicted octanol–water partition coefficient (Wildman–Crippen LogP) is 4.09. The molecular formula is C11H20. The Balaban J connectivity index is 3.19. The smallest absolute Gasteiger partial charge is 0.0348 e. The Kier molecular flexibility index (Phi) is 7.23. The normalized spacial score (nSPS) is 11.6. The zero-order valence-electron chi connectivity index (χ0n) is 7.90. The highest BCUT2D eigenvalue weighted by molar-refractivity contribution is 4.96. The Labute approximate surface area is 71.0 Å². The van der Waals surface area contributed by atoms with Crippen LogP contribution in [0, 0.1) is 0 Å². The molecule has 0 aromatic carbocycles. The van der Waals surface area contributed by atoms with E-state index in [2.05, 4.69) is 26.5 Å². The average molecular weight is 152 g/mol. The lowest BCUT2D eigenvalue weighted by Gasteiger charge is -1.95. The van der Waals surface area contributed by atoms with Crippen LogP contribution in [0.25, 0.3) is 0 Å². The Bertz CT molecular complexity index is 120. The van der Waals surface area contributed by atoms with Crippen LogP contribution < -0.4 is 0 Å². The second kappa shape index (κ2) is 7.59. The molecule has 0 saturated heterocycles. The lowest BCUT2D eigenvalue weighted by atomic mass is 10.1. The number of hydrogen-bond acceptors (Lipinski definition) is 0. The first kappa shape index (κ1) is 10.5. The molecule has 64 valence electrons. The molecule has 0 amide bonds. The molecule has 0 aliphatic heterocycles. The van der Waals surface area contributed by atoms with Crippen molar-refractivity contribution in [3.63, 3.8) is 0 Å². The van der Waals surface area contributed by atoms with Gasteiger partial charge in [-0.15, -0.1) is 6.58 Å². The second-order valence-corrected chi connectivity index (χ2v) is 2.98. The summed E-state index contributed by atoms with van der Waals surface area (Å²) in [6.07, 6.45) is 10.5.